The Bertz CT molecular complexity index is 1080. The van der Waals surface area contributed by atoms with Crippen LogP contribution in [0.25, 0.3) is 0 Å². The molecule has 4 atom stereocenters. The second-order valence-electron chi connectivity index (χ2n) is 12.3. The van der Waals surface area contributed by atoms with E-state index in [2.05, 4.69) is 27.2 Å². The number of carboxylic acids is 1. The van der Waals surface area contributed by atoms with Gasteiger partial charge in [0.1, 0.15) is 12.1 Å². The van der Waals surface area contributed by atoms with Gasteiger partial charge >= 0.3 is 12.0 Å². The van der Waals surface area contributed by atoms with E-state index >= 15 is 0 Å². The van der Waals surface area contributed by atoms with E-state index in [0.29, 0.717) is 25.9 Å². The van der Waals surface area contributed by atoms with Crippen LogP contribution in [0, 0.1) is 11.3 Å². The normalized spacial score (nSPS) is 17.5. The number of benzene rings is 1. The van der Waals surface area contributed by atoms with E-state index in [1.54, 1.807) is 18.9 Å². The number of hydrogen-bond acceptors (Lipinski definition) is 6. The molecule has 2 unspecified atom stereocenters. The second-order valence-corrected chi connectivity index (χ2v) is 13.6. The zero-order valence-electron chi connectivity index (χ0n) is 26.6. The molecular weight excluding hydrogens is 566 g/mol. The van der Waals surface area contributed by atoms with Gasteiger partial charge in [-0.3, -0.25) is 9.59 Å². The number of nitrogens with zero attached hydrogens (tertiary/aromatic N) is 2. The van der Waals surface area contributed by atoms with E-state index in [4.69, 9.17) is 0 Å². The van der Waals surface area contributed by atoms with Gasteiger partial charge in [0.15, 0.2) is 0 Å². The molecule has 0 radical (unpaired) electrons. The summed E-state index contributed by atoms with van der Waals surface area (Å²) in [5.74, 6) is -2.39. The largest absolute Gasteiger partial charge is 0.480 e. The van der Waals surface area contributed by atoms with E-state index in [1.807, 2.05) is 70.3 Å². The molecule has 240 valence electrons. The summed E-state index contributed by atoms with van der Waals surface area (Å²) in [7, 11) is 1.97. The minimum atomic E-state index is -1.12. The van der Waals surface area contributed by atoms with E-state index in [9.17, 15) is 24.3 Å². The number of carbonyl (C=O) groups is 4. The summed E-state index contributed by atoms with van der Waals surface area (Å²) in [6.07, 6.45) is 8.99. The molecule has 0 saturated carbocycles. The Balaban J connectivity index is 1.91. The van der Waals surface area contributed by atoms with Gasteiger partial charge in [-0.25, -0.2) is 13.9 Å². The fraction of sp³-hybridized carbons (Fsp3) is 0.625. The second kappa shape index (κ2) is 17.9. The smallest absolute Gasteiger partial charge is 0.326 e. The molecule has 1 aliphatic rings. The molecule has 1 saturated heterocycles. The van der Waals surface area contributed by atoms with Crippen LogP contribution in [0.3, 0.4) is 0 Å². The van der Waals surface area contributed by atoms with E-state index < -0.39 is 35.9 Å². The molecule has 4 amide bonds. The number of carboxylic acid groups (broad SMARTS) is 1. The fourth-order valence-electron chi connectivity index (χ4n) is 4.90. The number of likely N-dealkylation sites (tertiary alicyclic amines) is 1. The van der Waals surface area contributed by atoms with Crippen LogP contribution in [0.2, 0.25) is 0 Å². The average molecular weight is 618 g/mol. The van der Waals surface area contributed by atoms with Crippen molar-refractivity contribution in [2.24, 2.45) is 11.3 Å². The van der Waals surface area contributed by atoms with Gasteiger partial charge in [-0.1, -0.05) is 77.8 Å². The van der Waals surface area contributed by atoms with Gasteiger partial charge in [-0.05, 0) is 62.2 Å². The predicted octanol–water partition coefficient (Wildman–Crippen LogP) is 4.67. The molecule has 0 spiro atoms. The maximum Gasteiger partial charge on any atom is 0.326 e. The van der Waals surface area contributed by atoms with Gasteiger partial charge in [0.2, 0.25) is 11.8 Å². The molecule has 0 aromatic heterocycles. The Morgan fingerprint density at radius 2 is 1.84 bits per heavy atom. The first-order valence-electron chi connectivity index (χ1n) is 15.3. The molecule has 11 heteroatoms. The minimum Gasteiger partial charge on any atom is -0.480 e. The van der Waals surface area contributed by atoms with E-state index in [1.165, 1.54) is 4.90 Å². The topological polar surface area (TPSA) is 131 Å². The summed E-state index contributed by atoms with van der Waals surface area (Å²) in [4.78, 5) is 53.5. The van der Waals surface area contributed by atoms with Crippen molar-refractivity contribution >= 4 is 35.8 Å². The number of aliphatic carboxylic acids is 1. The molecule has 43 heavy (non-hydrogen) atoms. The molecule has 4 N–H and O–H groups in total. The van der Waals surface area contributed by atoms with E-state index in [0.717, 1.165) is 30.6 Å². The van der Waals surface area contributed by atoms with Gasteiger partial charge in [0, 0.05) is 29.9 Å². The fourth-order valence-corrected chi connectivity index (χ4v) is 5.76. The lowest BCUT2D eigenvalue weighted by atomic mass is 9.87. The van der Waals surface area contributed by atoms with Crippen molar-refractivity contribution in [1.82, 2.24) is 25.2 Å². The number of likely N-dealkylation sites (N-methyl/N-ethyl adjacent to an activating group) is 1. The Morgan fingerprint density at radius 3 is 2.47 bits per heavy atom. The number of urea groups is 1. The molecular formula is C32H51N5O5S. The summed E-state index contributed by atoms with van der Waals surface area (Å²) in [6, 6.07) is 7.45. The van der Waals surface area contributed by atoms with Crippen molar-refractivity contribution in [1.29, 1.82) is 0 Å². The van der Waals surface area contributed by atoms with Gasteiger partial charge < -0.3 is 26.0 Å². The molecule has 1 aromatic rings. The first kappa shape index (κ1) is 36.1. The maximum atomic E-state index is 13.1. The number of rotatable bonds is 16. The van der Waals surface area contributed by atoms with Crippen molar-refractivity contribution < 1.29 is 24.3 Å². The third kappa shape index (κ3) is 12.6. The predicted molar refractivity (Wildman–Crippen MR) is 171 cm³/mol. The summed E-state index contributed by atoms with van der Waals surface area (Å²) in [5.41, 5.74) is -0.243. The highest BCUT2D eigenvalue weighted by Crippen LogP contribution is 2.25. The summed E-state index contributed by atoms with van der Waals surface area (Å²) < 4.78 is 2.07. The Kier molecular flexibility index (Phi) is 15.1. The van der Waals surface area contributed by atoms with Crippen molar-refractivity contribution in [3.05, 3.63) is 42.5 Å². The Hall–Kier alpha value is -3.05. The summed E-state index contributed by atoms with van der Waals surface area (Å²) in [6.45, 7) is 10.7. The Morgan fingerprint density at radius 1 is 1.14 bits per heavy atom. The van der Waals surface area contributed by atoms with Crippen LogP contribution in [0.15, 0.2) is 47.4 Å². The Labute approximate surface area is 261 Å². The van der Waals surface area contributed by atoms with Crippen LogP contribution in [0.4, 0.5) is 4.79 Å². The zero-order valence-corrected chi connectivity index (χ0v) is 27.4. The number of nitrogens with one attached hydrogen (secondary N) is 3. The molecule has 10 nitrogen and oxygen atoms in total. The highest BCUT2D eigenvalue weighted by molar-refractivity contribution is 7.97. The molecule has 1 fully saturated rings. The third-order valence-corrected chi connectivity index (χ3v) is 8.52. The van der Waals surface area contributed by atoms with Gasteiger partial charge in [-0.15, -0.1) is 0 Å². The molecule has 0 bridgehead atoms. The van der Waals surface area contributed by atoms with Gasteiger partial charge in [0.05, 0.1) is 6.54 Å². The standard InChI is InChI=1S/C32H51N5O5S/c1-7-8-9-10-12-16-23(2)28(30(40)41)35-29(39)25-19-15-20-37(25)27(38)21-33-31(42)34-26(32(3,4)5)22-36(6)43-24-17-13-11-14-18-24/h11-14,16-18,23,25-26,28H,7-10,15,19-22H2,1-6H3,(H,35,39)(H,40,41)(H2,33,34,42)/b16-12-/t23?,25-,26+,28?/m0/s1. The maximum absolute atomic E-state index is 13.1. The highest BCUT2D eigenvalue weighted by Gasteiger charge is 2.37. The zero-order chi connectivity index (χ0) is 32.0. The first-order valence-corrected chi connectivity index (χ1v) is 16.1. The molecule has 0 aliphatic carbocycles. The van der Waals surface area contributed by atoms with Crippen LogP contribution in [0.1, 0.15) is 73.1 Å². The van der Waals surface area contributed by atoms with Crippen LogP contribution < -0.4 is 16.0 Å². The molecule has 2 rings (SSSR count). The average Bonchev–Trinajstić information content (AvgIpc) is 3.44. The van der Waals surface area contributed by atoms with Crippen LogP contribution >= 0.6 is 11.9 Å². The van der Waals surface area contributed by atoms with Crippen LogP contribution in [-0.4, -0.2) is 82.9 Å². The van der Waals surface area contributed by atoms with Crippen LogP contribution in [0.5, 0.6) is 0 Å². The molecule has 1 heterocycles. The number of hydrogen-bond donors (Lipinski definition) is 4. The number of unbranched alkanes of at least 4 members (excludes halogenated alkanes) is 3. The summed E-state index contributed by atoms with van der Waals surface area (Å²) in [5, 5.41) is 18.1. The van der Waals surface area contributed by atoms with Crippen LogP contribution in [-0.2, 0) is 14.4 Å². The first-order chi connectivity index (χ1) is 20.3. The van der Waals surface area contributed by atoms with Crippen molar-refractivity contribution in [3.8, 4) is 0 Å². The van der Waals surface area contributed by atoms with E-state index in [-0.39, 0.29) is 23.9 Å². The number of allylic oxidation sites excluding steroid dienone is 1. The van der Waals surface area contributed by atoms with Crippen molar-refractivity contribution in [3.63, 3.8) is 0 Å². The quantitative estimate of drug-likeness (QED) is 0.120. The lowest BCUT2D eigenvalue weighted by Crippen LogP contribution is -2.55. The lowest BCUT2D eigenvalue weighted by molar-refractivity contribution is -0.144. The lowest BCUT2D eigenvalue weighted by Gasteiger charge is -2.34. The van der Waals surface area contributed by atoms with Crippen molar-refractivity contribution in [2.45, 2.75) is 96.2 Å². The van der Waals surface area contributed by atoms with Gasteiger partial charge in [0.25, 0.3) is 0 Å². The third-order valence-electron chi connectivity index (χ3n) is 7.57. The number of carbonyl (C=O) groups excluding carboxylic acids is 3. The molecule has 1 aromatic carbocycles. The molecule has 1 aliphatic heterocycles. The number of amides is 4. The summed E-state index contributed by atoms with van der Waals surface area (Å²) >= 11 is 1.59. The SMILES string of the molecule is CCCCC/C=C\C(C)C(NC(=O)[C@@H]1CCCN1C(=O)CNC(=O)N[C@H](CN(C)Sc1ccccc1)C(C)(C)C)C(=O)O. The monoisotopic (exact) mass is 617 g/mol. The van der Waals surface area contributed by atoms with Crippen molar-refractivity contribution in [2.75, 3.05) is 26.7 Å². The minimum absolute atomic E-state index is 0.204. The van der Waals surface area contributed by atoms with Gasteiger partial charge in [-0.2, -0.15) is 0 Å². The highest BCUT2D eigenvalue weighted by atomic mass is 32.2.